The van der Waals surface area contributed by atoms with Gasteiger partial charge in [0.15, 0.2) is 10.8 Å². The van der Waals surface area contributed by atoms with Gasteiger partial charge in [0.25, 0.3) is 0 Å². The standard InChI is InChI=1S/C12H11Br3O3/c1-8(10(16)17)18-11(13)12(14,15)7-9-5-3-2-4-6-9/h2-6,11H,1,7H2,(H,16,17). The van der Waals surface area contributed by atoms with Gasteiger partial charge in [-0.1, -0.05) is 62.2 Å². The molecule has 0 saturated heterocycles. The fourth-order valence-electron chi connectivity index (χ4n) is 1.21. The Morgan fingerprint density at radius 1 is 1.39 bits per heavy atom. The number of hydrogen-bond acceptors (Lipinski definition) is 2. The normalized spacial score (nSPS) is 12.8. The topological polar surface area (TPSA) is 46.5 Å². The minimum Gasteiger partial charge on any atom is -0.475 e. The van der Waals surface area contributed by atoms with Crippen molar-refractivity contribution in [1.82, 2.24) is 0 Å². The zero-order chi connectivity index (χ0) is 13.8. The maximum atomic E-state index is 10.6. The minimum absolute atomic E-state index is 0.312. The van der Waals surface area contributed by atoms with E-state index in [0.717, 1.165) is 5.56 Å². The summed E-state index contributed by atoms with van der Waals surface area (Å²) in [5.41, 5.74) is 1.08. The third-order valence-corrected chi connectivity index (χ3v) is 5.69. The second-order valence-electron chi connectivity index (χ2n) is 3.59. The van der Waals surface area contributed by atoms with Crippen LogP contribution in [0.15, 0.2) is 42.7 Å². The molecule has 1 unspecified atom stereocenters. The van der Waals surface area contributed by atoms with E-state index in [1.165, 1.54) is 0 Å². The van der Waals surface area contributed by atoms with E-state index in [9.17, 15) is 4.79 Å². The van der Waals surface area contributed by atoms with Gasteiger partial charge in [0.2, 0.25) is 0 Å². The predicted octanol–water partition coefficient (Wildman–Crippen LogP) is 4.05. The molecule has 3 nitrogen and oxygen atoms in total. The highest BCUT2D eigenvalue weighted by atomic mass is 79.9. The van der Waals surface area contributed by atoms with Gasteiger partial charge in [0.1, 0.15) is 3.23 Å². The molecule has 0 aliphatic carbocycles. The number of aliphatic carboxylic acids is 1. The lowest BCUT2D eigenvalue weighted by atomic mass is 10.1. The van der Waals surface area contributed by atoms with E-state index in [-0.39, 0.29) is 5.76 Å². The Kier molecular flexibility index (Phi) is 5.88. The van der Waals surface area contributed by atoms with Crippen LogP contribution in [0.25, 0.3) is 0 Å². The summed E-state index contributed by atoms with van der Waals surface area (Å²) in [7, 11) is 0. The molecule has 1 aromatic rings. The van der Waals surface area contributed by atoms with Gasteiger partial charge in [-0.15, -0.1) is 0 Å². The quantitative estimate of drug-likeness (QED) is 0.410. The van der Waals surface area contributed by atoms with Gasteiger partial charge in [-0.3, -0.25) is 0 Å². The van der Waals surface area contributed by atoms with E-state index in [1.807, 2.05) is 30.3 Å². The van der Waals surface area contributed by atoms with E-state index in [2.05, 4.69) is 54.4 Å². The van der Waals surface area contributed by atoms with E-state index in [4.69, 9.17) is 9.84 Å². The van der Waals surface area contributed by atoms with Crippen molar-refractivity contribution in [2.45, 2.75) is 14.7 Å². The molecule has 1 aromatic carbocycles. The highest BCUT2D eigenvalue weighted by Gasteiger charge is 2.35. The van der Waals surface area contributed by atoms with Crippen LogP contribution in [-0.4, -0.2) is 19.3 Å². The van der Waals surface area contributed by atoms with Gasteiger partial charge in [0, 0.05) is 6.42 Å². The van der Waals surface area contributed by atoms with Crippen LogP contribution < -0.4 is 0 Å². The number of ether oxygens (including phenoxy) is 1. The summed E-state index contributed by atoms with van der Waals surface area (Å²) in [5.74, 6) is -1.50. The zero-order valence-electron chi connectivity index (χ0n) is 9.28. The summed E-state index contributed by atoms with van der Waals surface area (Å²) in [5, 5.41) is 8.14. The Labute approximate surface area is 131 Å². The molecule has 0 aliphatic rings. The molecule has 0 radical (unpaired) electrons. The first kappa shape index (κ1) is 15.7. The molecule has 0 aliphatic heterocycles. The highest BCUT2D eigenvalue weighted by molar-refractivity contribution is 9.26. The number of alkyl halides is 3. The van der Waals surface area contributed by atoms with E-state index < -0.39 is 14.2 Å². The van der Waals surface area contributed by atoms with Gasteiger partial charge in [-0.2, -0.15) is 0 Å². The molecule has 0 aromatic heterocycles. The SMILES string of the molecule is C=C(OC(Br)C(Br)(Br)Cc1ccccc1)C(=O)O. The predicted molar refractivity (Wildman–Crippen MR) is 81.3 cm³/mol. The average Bonchev–Trinajstić information content (AvgIpc) is 2.29. The van der Waals surface area contributed by atoms with Crippen molar-refractivity contribution >= 4 is 53.8 Å². The summed E-state index contributed by atoms with van der Waals surface area (Å²) in [6.45, 7) is 3.32. The molecule has 18 heavy (non-hydrogen) atoms. The zero-order valence-corrected chi connectivity index (χ0v) is 14.0. The molecule has 0 fully saturated rings. The number of hydrogen-bond donors (Lipinski definition) is 1. The van der Waals surface area contributed by atoms with E-state index in [0.29, 0.717) is 6.42 Å². The monoisotopic (exact) mass is 440 g/mol. The second-order valence-corrected chi connectivity index (χ2v) is 8.31. The van der Waals surface area contributed by atoms with Crippen molar-refractivity contribution in [3.63, 3.8) is 0 Å². The van der Waals surface area contributed by atoms with Crippen LogP contribution in [0, 0.1) is 0 Å². The van der Waals surface area contributed by atoms with Crippen LogP contribution >= 0.6 is 47.8 Å². The van der Waals surface area contributed by atoms with Crippen molar-refractivity contribution < 1.29 is 14.6 Å². The van der Waals surface area contributed by atoms with Crippen LogP contribution in [0.5, 0.6) is 0 Å². The molecule has 6 heteroatoms. The molecule has 0 amide bonds. The Hall–Kier alpha value is -0.330. The molecule has 1 rings (SSSR count). The van der Waals surface area contributed by atoms with Crippen LogP contribution in [0.4, 0.5) is 0 Å². The Morgan fingerprint density at radius 2 is 1.94 bits per heavy atom. The van der Waals surface area contributed by atoms with Crippen LogP contribution in [0.1, 0.15) is 5.56 Å². The highest BCUT2D eigenvalue weighted by Crippen LogP contribution is 2.39. The smallest absolute Gasteiger partial charge is 0.370 e. The molecular weight excluding hydrogens is 432 g/mol. The molecular formula is C12H11Br3O3. The Balaban J connectivity index is 2.68. The number of rotatable bonds is 6. The maximum Gasteiger partial charge on any atom is 0.370 e. The third kappa shape index (κ3) is 4.74. The summed E-state index contributed by atoms with van der Waals surface area (Å²) in [6, 6.07) is 9.76. The van der Waals surface area contributed by atoms with Crippen molar-refractivity contribution in [1.29, 1.82) is 0 Å². The first-order valence-electron chi connectivity index (χ1n) is 4.97. The maximum absolute atomic E-state index is 10.6. The average molecular weight is 443 g/mol. The lowest BCUT2D eigenvalue weighted by Gasteiger charge is -2.26. The van der Waals surface area contributed by atoms with Crippen LogP contribution in [0.2, 0.25) is 0 Å². The first-order chi connectivity index (χ1) is 8.33. The summed E-state index contributed by atoms with van der Waals surface area (Å²) in [6.07, 6.45) is 0.608. The second kappa shape index (κ2) is 6.73. The largest absolute Gasteiger partial charge is 0.475 e. The molecule has 0 saturated carbocycles. The molecule has 0 spiro atoms. The van der Waals surface area contributed by atoms with Crippen LogP contribution in [0.3, 0.4) is 0 Å². The number of halogens is 3. The fourth-order valence-corrected chi connectivity index (χ4v) is 2.43. The Bertz CT molecular complexity index is 431. The van der Waals surface area contributed by atoms with Gasteiger partial charge in [-0.25, -0.2) is 4.79 Å². The summed E-state index contributed by atoms with van der Waals surface area (Å²) < 4.78 is 4.55. The van der Waals surface area contributed by atoms with Crippen molar-refractivity contribution in [2.24, 2.45) is 0 Å². The molecule has 0 bridgehead atoms. The van der Waals surface area contributed by atoms with E-state index in [1.54, 1.807) is 0 Å². The molecule has 0 heterocycles. The number of carboxylic acid groups (broad SMARTS) is 1. The lowest BCUT2D eigenvalue weighted by Crippen LogP contribution is -2.30. The molecule has 1 N–H and O–H groups in total. The Morgan fingerprint density at radius 3 is 2.44 bits per heavy atom. The fraction of sp³-hybridized carbons (Fsp3) is 0.250. The van der Waals surface area contributed by atoms with Crippen LogP contribution in [-0.2, 0) is 16.0 Å². The minimum atomic E-state index is -1.19. The van der Waals surface area contributed by atoms with Gasteiger partial charge < -0.3 is 9.84 Å². The number of benzene rings is 1. The molecule has 98 valence electrons. The van der Waals surface area contributed by atoms with Gasteiger partial charge in [-0.05, 0) is 28.1 Å². The third-order valence-electron chi connectivity index (χ3n) is 2.10. The first-order valence-corrected chi connectivity index (χ1v) is 7.48. The van der Waals surface area contributed by atoms with Crippen molar-refractivity contribution in [2.75, 3.05) is 0 Å². The number of carbonyl (C=O) groups is 1. The van der Waals surface area contributed by atoms with Gasteiger partial charge in [0.05, 0.1) is 0 Å². The number of carboxylic acids is 1. The summed E-state index contributed by atoms with van der Waals surface area (Å²) >= 11 is 10.2. The summed E-state index contributed by atoms with van der Waals surface area (Å²) in [4.78, 5) is 10.6. The van der Waals surface area contributed by atoms with Crippen molar-refractivity contribution in [3.8, 4) is 0 Å². The molecule has 1 atom stereocenters. The van der Waals surface area contributed by atoms with Gasteiger partial charge >= 0.3 is 5.97 Å². The van der Waals surface area contributed by atoms with Crippen molar-refractivity contribution in [3.05, 3.63) is 48.2 Å². The lowest BCUT2D eigenvalue weighted by molar-refractivity contribution is -0.136. The van der Waals surface area contributed by atoms with E-state index >= 15 is 0 Å².